The van der Waals surface area contributed by atoms with Gasteiger partial charge in [-0.3, -0.25) is 4.98 Å². The van der Waals surface area contributed by atoms with Crippen LogP contribution in [0.2, 0.25) is 0 Å². The molecule has 7 heteroatoms. The van der Waals surface area contributed by atoms with Crippen LogP contribution in [0.5, 0.6) is 0 Å². The summed E-state index contributed by atoms with van der Waals surface area (Å²) in [4.78, 5) is 9.70. The van der Waals surface area contributed by atoms with Crippen molar-refractivity contribution in [2.24, 2.45) is 0 Å². The summed E-state index contributed by atoms with van der Waals surface area (Å²) in [7, 11) is 0. The molecule has 1 aromatic carbocycles. The highest BCUT2D eigenvalue weighted by atomic mass is 32.2. The molecule has 0 saturated heterocycles. The smallest absolute Gasteiger partial charge is 0.136 e. The van der Waals surface area contributed by atoms with Crippen LogP contribution in [0.1, 0.15) is 35.3 Å². The van der Waals surface area contributed by atoms with Crippen molar-refractivity contribution in [2.75, 3.05) is 0 Å². The first-order chi connectivity index (χ1) is 13.2. The molecule has 0 unspecified atom stereocenters. The zero-order valence-corrected chi connectivity index (χ0v) is 15.6. The fourth-order valence-corrected chi connectivity index (χ4v) is 3.90. The number of hydrogen-bond donors (Lipinski definition) is 1. The van der Waals surface area contributed by atoms with Gasteiger partial charge in [-0.05, 0) is 36.8 Å². The molecule has 1 N–H and O–H groups in total. The molecule has 0 fully saturated rings. The maximum atomic E-state index is 9.76. The second kappa shape index (κ2) is 8.50. The van der Waals surface area contributed by atoms with Crippen molar-refractivity contribution in [1.29, 1.82) is 10.5 Å². The summed E-state index contributed by atoms with van der Waals surface area (Å²) in [6, 6.07) is 14.9. The van der Waals surface area contributed by atoms with Crippen LogP contribution < -0.4 is 0 Å². The Morgan fingerprint density at radius 2 is 1.89 bits per heavy atom. The van der Waals surface area contributed by atoms with Crippen molar-refractivity contribution in [1.82, 2.24) is 14.5 Å². The number of pyridine rings is 1. The van der Waals surface area contributed by atoms with Crippen LogP contribution in [0.3, 0.4) is 0 Å². The highest BCUT2D eigenvalue weighted by molar-refractivity contribution is 7.99. The van der Waals surface area contributed by atoms with Crippen LogP contribution in [0.15, 0.2) is 52.5 Å². The molecule has 0 spiro atoms. The third kappa shape index (κ3) is 4.17. The predicted octanol–water partition coefficient (Wildman–Crippen LogP) is 3.28. The number of aryl methyl sites for hydroxylation is 1. The Balaban J connectivity index is 2.05. The summed E-state index contributed by atoms with van der Waals surface area (Å²) in [5.74, 6) is 0.567. The third-order valence-electron chi connectivity index (χ3n) is 3.97. The van der Waals surface area contributed by atoms with Crippen molar-refractivity contribution in [2.45, 2.75) is 36.4 Å². The summed E-state index contributed by atoms with van der Waals surface area (Å²) < 4.78 is 1.94. The van der Waals surface area contributed by atoms with Gasteiger partial charge in [-0.15, -0.1) is 0 Å². The van der Waals surface area contributed by atoms with E-state index in [0.29, 0.717) is 29.9 Å². The number of aromatic nitrogens is 3. The second-order valence-electron chi connectivity index (χ2n) is 5.77. The average molecular weight is 375 g/mol. The molecular weight excluding hydrogens is 358 g/mol. The molecule has 3 rings (SSSR count). The zero-order chi connectivity index (χ0) is 19.2. The van der Waals surface area contributed by atoms with E-state index in [-0.39, 0.29) is 6.61 Å². The number of imidazole rings is 1. The molecule has 0 atom stereocenters. The lowest BCUT2D eigenvalue weighted by molar-refractivity contribution is 0.264. The van der Waals surface area contributed by atoms with E-state index in [2.05, 4.69) is 22.1 Å². The molecule has 3 aromatic rings. The summed E-state index contributed by atoms with van der Waals surface area (Å²) in [5.41, 5.74) is 2.60. The monoisotopic (exact) mass is 375 g/mol. The quantitative estimate of drug-likeness (QED) is 0.710. The normalized spacial score (nSPS) is 10.4. The van der Waals surface area contributed by atoms with Crippen LogP contribution in [0.25, 0.3) is 0 Å². The van der Waals surface area contributed by atoms with E-state index in [9.17, 15) is 15.6 Å². The average Bonchev–Trinajstić information content (AvgIpc) is 3.04. The molecule has 2 heterocycles. The van der Waals surface area contributed by atoms with Crippen LogP contribution in [0, 0.1) is 22.7 Å². The number of rotatable bonds is 6. The van der Waals surface area contributed by atoms with Gasteiger partial charge in [0.2, 0.25) is 0 Å². The number of nitrogens with zero attached hydrogens (tertiary/aromatic N) is 5. The number of aliphatic hydroxyl groups excluding tert-OH is 1. The summed E-state index contributed by atoms with van der Waals surface area (Å²) in [6.07, 6.45) is 2.43. The van der Waals surface area contributed by atoms with Gasteiger partial charge in [-0.25, -0.2) is 4.98 Å². The van der Waals surface area contributed by atoms with Gasteiger partial charge in [0.15, 0.2) is 0 Å². The molecule has 0 radical (unpaired) electrons. The second-order valence-corrected chi connectivity index (χ2v) is 6.83. The van der Waals surface area contributed by atoms with E-state index in [1.165, 1.54) is 11.8 Å². The number of nitriles is 2. The van der Waals surface area contributed by atoms with Gasteiger partial charge in [0.25, 0.3) is 0 Å². The molecule has 0 aliphatic heterocycles. The van der Waals surface area contributed by atoms with Crippen molar-refractivity contribution in [3.63, 3.8) is 0 Å². The maximum Gasteiger partial charge on any atom is 0.136 e. The zero-order valence-electron chi connectivity index (χ0n) is 14.8. The topological polar surface area (TPSA) is 98.5 Å². The molecule has 0 amide bonds. The predicted molar refractivity (Wildman–Crippen MR) is 101 cm³/mol. The van der Waals surface area contributed by atoms with E-state index in [1.807, 2.05) is 29.7 Å². The first-order valence-corrected chi connectivity index (χ1v) is 9.22. The molecule has 0 aliphatic carbocycles. The van der Waals surface area contributed by atoms with Crippen molar-refractivity contribution in [3.8, 4) is 12.1 Å². The molecule has 0 aliphatic rings. The minimum atomic E-state index is -0.178. The minimum Gasteiger partial charge on any atom is -0.388 e. The number of benzene rings is 1. The lowest BCUT2D eigenvalue weighted by Crippen LogP contribution is -2.07. The molecular formula is C20H17N5OS. The van der Waals surface area contributed by atoms with Gasteiger partial charge in [-0.1, -0.05) is 24.8 Å². The van der Waals surface area contributed by atoms with Crippen LogP contribution in [-0.4, -0.2) is 19.6 Å². The fraction of sp³-hybridized carbons (Fsp3) is 0.200. The Morgan fingerprint density at radius 3 is 2.44 bits per heavy atom. The van der Waals surface area contributed by atoms with Crippen LogP contribution in [-0.2, 0) is 19.6 Å². The Kier molecular flexibility index (Phi) is 5.87. The molecule has 134 valence electrons. The Labute approximate surface area is 161 Å². The van der Waals surface area contributed by atoms with Gasteiger partial charge in [-0.2, -0.15) is 10.5 Å². The van der Waals surface area contributed by atoms with E-state index in [0.717, 1.165) is 21.3 Å². The minimum absolute atomic E-state index is 0.178. The van der Waals surface area contributed by atoms with Gasteiger partial charge in [0.1, 0.15) is 17.5 Å². The number of aliphatic hydroxyl groups is 1. The van der Waals surface area contributed by atoms with Crippen molar-refractivity contribution < 1.29 is 5.11 Å². The SMILES string of the molecule is CCc1nc(CO)n(Cc2ccccn2)c1Sc1cc(C#N)cc(C#N)c1. The third-order valence-corrected chi connectivity index (χ3v) is 5.09. The van der Waals surface area contributed by atoms with E-state index < -0.39 is 0 Å². The van der Waals surface area contributed by atoms with Crippen molar-refractivity contribution in [3.05, 3.63) is 70.9 Å². The molecule has 6 nitrogen and oxygen atoms in total. The van der Waals surface area contributed by atoms with Gasteiger partial charge < -0.3 is 9.67 Å². The highest BCUT2D eigenvalue weighted by Gasteiger charge is 2.18. The van der Waals surface area contributed by atoms with Gasteiger partial charge in [0.05, 0.1) is 41.2 Å². The Hall–Kier alpha value is -3.13. The van der Waals surface area contributed by atoms with E-state index in [1.54, 1.807) is 24.4 Å². The molecule has 0 saturated carbocycles. The Morgan fingerprint density at radius 1 is 1.15 bits per heavy atom. The standard InChI is InChI=1S/C20H17N5OS/c1-2-18-20(27-17-8-14(10-21)7-15(9-17)11-22)25(19(13-26)24-18)12-16-5-3-4-6-23-16/h3-9,26H,2,12-13H2,1H3. The first kappa shape index (κ1) is 18.7. The molecule has 2 aromatic heterocycles. The fourth-order valence-electron chi connectivity index (χ4n) is 2.72. The largest absolute Gasteiger partial charge is 0.388 e. The van der Waals surface area contributed by atoms with E-state index in [4.69, 9.17) is 0 Å². The lowest BCUT2D eigenvalue weighted by Gasteiger charge is -2.12. The Bertz CT molecular complexity index is 999. The lowest BCUT2D eigenvalue weighted by atomic mass is 10.1. The molecule has 0 bridgehead atoms. The van der Waals surface area contributed by atoms with Crippen LogP contribution in [0.4, 0.5) is 0 Å². The highest BCUT2D eigenvalue weighted by Crippen LogP contribution is 2.33. The van der Waals surface area contributed by atoms with Gasteiger partial charge >= 0.3 is 0 Å². The maximum absolute atomic E-state index is 9.76. The summed E-state index contributed by atoms with van der Waals surface area (Å²) in [6.45, 7) is 2.31. The molecule has 27 heavy (non-hydrogen) atoms. The summed E-state index contributed by atoms with van der Waals surface area (Å²) >= 11 is 1.44. The van der Waals surface area contributed by atoms with Crippen LogP contribution >= 0.6 is 11.8 Å². The number of hydrogen-bond acceptors (Lipinski definition) is 6. The summed E-state index contributed by atoms with van der Waals surface area (Å²) in [5, 5.41) is 29.1. The van der Waals surface area contributed by atoms with Gasteiger partial charge in [0, 0.05) is 11.1 Å². The van der Waals surface area contributed by atoms with E-state index >= 15 is 0 Å². The first-order valence-electron chi connectivity index (χ1n) is 8.40. The van der Waals surface area contributed by atoms with Crippen molar-refractivity contribution >= 4 is 11.8 Å².